The molecule has 1 aromatic carbocycles. The highest BCUT2D eigenvalue weighted by atomic mass is 79.9. The maximum absolute atomic E-state index is 12.3. The number of rotatable bonds is 4. The largest absolute Gasteiger partial charge is 0.496 e. The zero-order valence-corrected chi connectivity index (χ0v) is 13.2. The number of ether oxygens (including phenoxy) is 1. The van der Waals surface area contributed by atoms with E-state index in [1.807, 2.05) is 25.1 Å². The maximum atomic E-state index is 12.3. The monoisotopic (exact) mass is 337 g/mol. The van der Waals surface area contributed by atoms with Gasteiger partial charge in [-0.25, -0.2) is 0 Å². The SMILES string of the molecule is COc1ccc(Br)cc1CN(C)C(=O)c1occc1C. The predicted octanol–water partition coefficient (Wildman–Crippen LogP) is 3.63. The Labute approximate surface area is 126 Å². The Morgan fingerprint density at radius 2 is 2.15 bits per heavy atom. The lowest BCUT2D eigenvalue weighted by atomic mass is 10.2. The lowest BCUT2D eigenvalue weighted by Crippen LogP contribution is -2.26. The van der Waals surface area contributed by atoms with Crippen molar-refractivity contribution in [2.24, 2.45) is 0 Å². The first kappa shape index (κ1) is 14.7. The Morgan fingerprint density at radius 3 is 2.75 bits per heavy atom. The first-order valence-corrected chi connectivity index (χ1v) is 6.94. The van der Waals surface area contributed by atoms with Crippen LogP contribution in [0.5, 0.6) is 5.75 Å². The summed E-state index contributed by atoms with van der Waals surface area (Å²) in [5, 5.41) is 0. The molecule has 1 heterocycles. The van der Waals surface area contributed by atoms with Crippen LogP contribution >= 0.6 is 15.9 Å². The molecule has 2 rings (SSSR count). The van der Waals surface area contributed by atoms with Crippen LogP contribution in [-0.4, -0.2) is 25.0 Å². The zero-order chi connectivity index (χ0) is 14.7. The lowest BCUT2D eigenvalue weighted by molar-refractivity contribution is 0.0751. The number of carbonyl (C=O) groups is 1. The van der Waals surface area contributed by atoms with Crippen LogP contribution in [0.1, 0.15) is 21.7 Å². The minimum atomic E-state index is -0.144. The van der Waals surface area contributed by atoms with Crippen LogP contribution < -0.4 is 4.74 Å². The molecule has 2 aromatic rings. The molecule has 106 valence electrons. The molecule has 0 aliphatic heterocycles. The van der Waals surface area contributed by atoms with Gasteiger partial charge in [0.05, 0.1) is 13.4 Å². The van der Waals surface area contributed by atoms with Crippen molar-refractivity contribution >= 4 is 21.8 Å². The number of hydrogen-bond acceptors (Lipinski definition) is 3. The van der Waals surface area contributed by atoms with E-state index in [-0.39, 0.29) is 5.91 Å². The number of halogens is 1. The van der Waals surface area contributed by atoms with Crippen LogP contribution in [-0.2, 0) is 6.54 Å². The summed E-state index contributed by atoms with van der Waals surface area (Å²) < 4.78 is 11.5. The first-order valence-electron chi connectivity index (χ1n) is 6.15. The van der Waals surface area contributed by atoms with Gasteiger partial charge in [0, 0.05) is 29.2 Å². The van der Waals surface area contributed by atoms with Gasteiger partial charge in [-0.1, -0.05) is 15.9 Å². The standard InChI is InChI=1S/C15H16BrNO3/c1-10-6-7-20-14(10)15(18)17(2)9-11-8-12(16)4-5-13(11)19-3/h4-8H,9H2,1-3H3. The summed E-state index contributed by atoms with van der Waals surface area (Å²) >= 11 is 3.43. The second-order valence-electron chi connectivity index (χ2n) is 4.55. The van der Waals surface area contributed by atoms with E-state index in [9.17, 15) is 4.79 Å². The van der Waals surface area contributed by atoms with Crippen LogP contribution in [0.3, 0.4) is 0 Å². The number of benzene rings is 1. The van der Waals surface area contributed by atoms with Gasteiger partial charge in [0.1, 0.15) is 5.75 Å². The third kappa shape index (κ3) is 3.04. The lowest BCUT2D eigenvalue weighted by Gasteiger charge is -2.18. The molecule has 1 amide bonds. The number of nitrogens with zero attached hydrogens (tertiary/aromatic N) is 1. The summed E-state index contributed by atoms with van der Waals surface area (Å²) in [5.41, 5.74) is 1.77. The van der Waals surface area contributed by atoms with E-state index in [2.05, 4.69) is 15.9 Å². The summed E-state index contributed by atoms with van der Waals surface area (Å²) in [5.74, 6) is 0.986. The average molecular weight is 338 g/mol. The van der Waals surface area contributed by atoms with Crippen molar-refractivity contribution in [1.29, 1.82) is 0 Å². The first-order chi connectivity index (χ1) is 9.52. The Morgan fingerprint density at radius 1 is 1.40 bits per heavy atom. The molecular formula is C15H16BrNO3. The van der Waals surface area contributed by atoms with Crippen molar-refractivity contribution in [3.8, 4) is 5.75 Å². The quantitative estimate of drug-likeness (QED) is 0.855. The fourth-order valence-corrected chi connectivity index (χ4v) is 2.37. The molecule has 4 nitrogen and oxygen atoms in total. The maximum Gasteiger partial charge on any atom is 0.289 e. The van der Waals surface area contributed by atoms with Crippen molar-refractivity contribution in [2.75, 3.05) is 14.2 Å². The smallest absolute Gasteiger partial charge is 0.289 e. The molecule has 0 bridgehead atoms. The van der Waals surface area contributed by atoms with Crippen molar-refractivity contribution in [3.63, 3.8) is 0 Å². The molecule has 0 saturated heterocycles. The molecule has 5 heteroatoms. The van der Waals surface area contributed by atoms with E-state index >= 15 is 0 Å². The van der Waals surface area contributed by atoms with Crippen LogP contribution in [0.15, 0.2) is 39.4 Å². The molecule has 0 fully saturated rings. The summed E-state index contributed by atoms with van der Waals surface area (Å²) in [4.78, 5) is 13.9. The number of carbonyl (C=O) groups excluding carboxylic acids is 1. The molecule has 0 atom stereocenters. The van der Waals surface area contributed by atoms with Crippen molar-refractivity contribution in [1.82, 2.24) is 4.90 Å². The van der Waals surface area contributed by atoms with Gasteiger partial charge in [-0.3, -0.25) is 4.79 Å². The van der Waals surface area contributed by atoms with Crippen molar-refractivity contribution in [3.05, 3.63) is 51.9 Å². The van der Waals surface area contributed by atoms with Gasteiger partial charge in [-0.15, -0.1) is 0 Å². The van der Waals surface area contributed by atoms with Gasteiger partial charge in [0.25, 0.3) is 5.91 Å². The topological polar surface area (TPSA) is 42.7 Å². The highest BCUT2D eigenvalue weighted by Gasteiger charge is 2.18. The number of amides is 1. The Bertz CT molecular complexity index is 621. The zero-order valence-electron chi connectivity index (χ0n) is 11.6. The molecule has 0 saturated carbocycles. The van der Waals surface area contributed by atoms with E-state index in [1.54, 1.807) is 25.1 Å². The number of methoxy groups -OCH3 is 1. The molecule has 0 aliphatic rings. The highest BCUT2D eigenvalue weighted by Crippen LogP contribution is 2.24. The summed E-state index contributed by atoms with van der Waals surface area (Å²) in [6.45, 7) is 2.30. The molecule has 0 spiro atoms. The minimum absolute atomic E-state index is 0.144. The number of aryl methyl sites for hydroxylation is 1. The molecule has 0 N–H and O–H groups in total. The van der Waals surface area contributed by atoms with E-state index in [1.165, 1.54) is 6.26 Å². The molecular weight excluding hydrogens is 322 g/mol. The normalized spacial score (nSPS) is 10.4. The van der Waals surface area contributed by atoms with Crippen LogP contribution in [0.25, 0.3) is 0 Å². The molecule has 0 aliphatic carbocycles. The Hall–Kier alpha value is -1.75. The Balaban J connectivity index is 2.20. The van der Waals surface area contributed by atoms with Gasteiger partial charge >= 0.3 is 0 Å². The summed E-state index contributed by atoms with van der Waals surface area (Å²) in [6.07, 6.45) is 1.52. The van der Waals surface area contributed by atoms with E-state index in [0.717, 1.165) is 21.3 Å². The third-order valence-corrected chi connectivity index (χ3v) is 3.55. The van der Waals surface area contributed by atoms with Gasteiger partial charge in [-0.2, -0.15) is 0 Å². The van der Waals surface area contributed by atoms with E-state index in [0.29, 0.717) is 12.3 Å². The van der Waals surface area contributed by atoms with Gasteiger partial charge in [0.2, 0.25) is 0 Å². The summed E-state index contributed by atoms with van der Waals surface area (Å²) in [6, 6.07) is 7.50. The third-order valence-electron chi connectivity index (χ3n) is 3.05. The molecule has 0 unspecified atom stereocenters. The van der Waals surface area contributed by atoms with E-state index in [4.69, 9.17) is 9.15 Å². The molecule has 20 heavy (non-hydrogen) atoms. The van der Waals surface area contributed by atoms with Crippen LogP contribution in [0.2, 0.25) is 0 Å². The Kier molecular flexibility index (Phi) is 4.49. The summed E-state index contributed by atoms with van der Waals surface area (Å²) in [7, 11) is 3.36. The van der Waals surface area contributed by atoms with Gasteiger partial charge in [0.15, 0.2) is 5.76 Å². The highest BCUT2D eigenvalue weighted by molar-refractivity contribution is 9.10. The average Bonchev–Trinajstić information content (AvgIpc) is 2.84. The molecule has 1 aromatic heterocycles. The number of hydrogen-bond donors (Lipinski definition) is 0. The predicted molar refractivity (Wildman–Crippen MR) is 79.9 cm³/mol. The van der Waals surface area contributed by atoms with Crippen molar-refractivity contribution < 1.29 is 13.9 Å². The van der Waals surface area contributed by atoms with Gasteiger partial charge < -0.3 is 14.1 Å². The fraction of sp³-hybridized carbons (Fsp3) is 0.267. The van der Waals surface area contributed by atoms with E-state index < -0.39 is 0 Å². The minimum Gasteiger partial charge on any atom is -0.496 e. The second-order valence-corrected chi connectivity index (χ2v) is 5.47. The van der Waals surface area contributed by atoms with Gasteiger partial charge in [-0.05, 0) is 31.2 Å². The van der Waals surface area contributed by atoms with Crippen LogP contribution in [0, 0.1) is 6.92 Å². The second kappa shape index (κ2) is 6.13. The molecule has 0 radical (unpaired) electrons. The fourth-order valence-electron chi connectivity index (χ4n) is 1.96. The van der Waals surface area contributed by atoms with Crippen molar-refractivity contribution in [2.45, 2.75) is 13.5 Å². The number of furan rings is 1. The van der Waals surface area contributed by atoms with Crippen LogP contribution in [0.4, 0.5) is 0 Å².